The highest BCUT2D eigenvalue weighted by Crippen LogP contribution is 2.30. The lowest BCUT2D eigenvalue weighted by Crippen LogP contribution is -2.30. The molecule has 1 heterocycles. The zero-order chi connectivity index (χ0) is 17.4. The lowest BCUT2D eigenvalue weighted by Gasteiger charge is -2.14. The molecule has 0 aliphatic rings. The topological polar surface area (TPSA) is 85.6 Å². The van der Waals surface area contributed by atoms with E-state index in [9.17, 15) is 0 Å². The summed E-state index contributed by atoms with van der Waals surface area (Å²) in [5, 5.41) is 14.3. The van der Waals surface area contributed by atoms with Gasteiger partial charge in [0.2, 0.25) is 0 Å². The molecule has 1 aromatic carbocycles. The van der Waals surface area contributed by atoms with E-state index in [2.05, 4.69) is 25.8 Å². The molecule has 1 aromatic heterocycles. The molecule has 0 aliphatic heterocycles. The fourth-order valence-electron chi connectivity index (χ4n) is 2.06. The molecule has 0 unspecified atom stereocenters. The van der Waals surface area contributed by atoms with E-state index < -0.39 is 0 Å². The highest BCUT2D eigenvalue weighted by molar-refractivity contribution is 14.0. The van der Waals surface area contributed by atoms with Crippen LogP contribution >= 0.6 is 24.0 Å². The van der Waals surface area contributed by atoms with Crippen LogP contribution in [0.25, 0.3) is 0 Å². The number of nitrogens with one attached hydrogen (secondary N) is 2. The van der Waals surface area contributed by atoms with Gasteiger partial charge in [0.15, 0.2) is 23.3 Å². The Morgan fingerprint density at radius 2 is 2.08 bits per heavy atom. The largest absolute Gasteiger partial charge is 0.493 e. The minimum Gasteiger partial charge on any atom is -0.493 e. The van der Waals surface area contributed by atoms with Crippen molar-refractivity contribution in [2.24, 2.45) is 12.0 Å². The number of aliphatic imine (C=N–C) groups is 1. The van der Waals surface area contributed by atoms with Gasteiger partial charge in [0.1, 0.15) is 12.9 Å². The van der Waals surface area contributed by atoms with E-state index in [4.69, 9.17) is 9.47 Å². The maximum atomic E-state index is 5.53. The number of halogens is 1. The van der Waals surface area contributed by atoms with Crippen molar-refractivity contribution in [2.45, 2.75) is 20.4 Å². The number of anilines is 1. The second kappa shape index (κ2) is 10.7. The average molecular weight is 460 g/mol. The first-order chi connectivity index (χ1) is 11.7. The van der Waals surface area contributed by atoms with Gasteiger partial charge in [-0.3, -0.25) is 0 Å². The Morgan fingerprint density at radius 1 is 1.28 bits per heavy atom. The Balaban J connectivity index is 0.00000312. The summed E-state index contributed by atoms with van der Waals surface area (Å²) in [6, 6.07) is 5.67. The predicted molar refractivity (Wildman–Crippen MR) is 109 cm³/mol. The molecule has 0 atom stereocenters. The number of rotatable bonds is 7. The minimum absolute atomic E-state index is 0. The summed E-state index contributed by atoms with van der Waals surface area (Å²) in [5.74, 6) is 2.83. The molecular weight excluding hydrogens is 435 g/mol. The van der Waals surface area contributed by atoms with E-state index in [1.807, 2.05) is 43.7 Å². The van der Waals surface area contributed by atoms with Crippen molar-refractivity contribution in [2.75, 3.05) is 25.6 Å². The molecule has 0 spiro atoms. The summed E-state index contributed by atoms with van der Waals surface area (Å²) in [4.78, 5) is 4.53. The molecule has 0 radical (unpaired) electrons. The molecule has 9 heteroatoms. The molecule has 2 aromatic rings. The summed E-state index contributed by atoms with van der Waals surface area (Å²) in [6.07, 6.45) is 1.66. The van der Waals surface area contributed by atoms with Crippen LogP contribution in [0.1, 0.15) is 19.7 Å². The maximum Gasteiger partial charge on any atom is 0.196 e. The van der Waals surface area contributed by atoms with E-state index in [1.165, 1.54) is 0 Å². The van der Waals surface area contributed by atoms with E-state index in [0.717, 1.165) is 18.1 Å². The quantitative estimate of drug-likeness (QED) is 0.375. The van der Waals surface area contributed by atoms with Crippen molar-refractivity contribution < 1.29 is 9.47 Å². The minimum atomic E-state index is 0. The van der Waals surface area contributed by atoms with Crippen LogP contribution in [0, 0.1) is 0 Å². The number of benzene rings is 1. The number of guanidine groups is 1. The number of hydrogen-bond acceptors (Lipinski definition) is 5. The van der Waals surface area contributed by atoms with Gasteiger partial charge in [-0.05, 0) is 26.0 Å². The normalized spacial score (nSPS) is 10.8. The van der Waals surface area contributed by atoms with Crippen LogP contribution in [0.5, 0.6) is 11.5 Å². The predicted octanol–water partition coefficient (Wildman–Crippen LogP) is 2.42. The first kappa shape index (κ1) is 21.0. The van der Waals surface area contributed by atoms with Crippen molar-refractivity contribution in [1.29, 1.82) is 0 Å². The number of aryl methyl sites for hydroxylation is 1. The van der Waals surface area contributed by atoms with Crippen molar-refractivity contribution in [3.05, 3.63) is 30.4 Å². The lowest BCUT2D eigenvalue weighted by atomic mass is 10.2. The summed E-state index contributed by atoms with van der Waals surface area (Å²) >= 11 is 0. The van der Waals surface area contributed by atoms with Crippen LogP contribution in [0.15, 0.2) is 29.5 Å². The van der Waals surface area contributed by atoms with E-state index in [1.54, 1.807) is 13.4 Å². The van der Waals surface area contributed by atoms with Gasteiger partial charge in [0.05, 0.1) is 13.7 Å². The molecule has 25 heavy (non-hydrogen) atoms. The van der Waals surface area contributed by atoms with Gasteiger partial charge in [-0.25, -0.2) is 4.99 Å². The van der Waals surface area contributed by atoms with Crippen molar-refractivity contribution in [3.8, 4) is 11.5 Å². The van der Waals surface area contributed by atoms with Gasteiger partial charge in [-0.15, -0.1) is 34.2 Å². The standard InChI is InChI=1S/C16H24N6O2.HI/c1-5-17-16(18-10-15-21-19-11-22(15)3)20-12-7-8-13(24-6-2)14(9-12)23-4;/h7-9,11H,5-6,10H2,1-4H3,(H2,17,18,20);1H. The fourth-order valence-corrected chi connectivity index (χ4v) is 2.06. The molecule has 0 saturated heterocycles. The van der Waals surface area contributed by atoms with Crippen LogP contribution < -0.4 is 20.1 Å². The Bertz CT molecular complexity index is 689. The van der Waals surface area contributed by atoms with Crippen LogP contribution in [0.2, 0.25) is 0 Å². The van der Waals surface area contributed by atoms with Gasteiger partial charge in [0, 0.05) is 25.3 Å². The second-order valence-electron chi connectivity index (χ2n) is 4.98. The van der Waals surface area contributed by atoms with Crippen molar-refractivity contribution in [3.63, 3.8) is 0 Å². The fraction of sp³-hybridized carbons (Fsp3) is 0.438. The van der Waals surface area contributed by atoms with Gasteiger partial charge in [-0.2, -0.15) is 0 Å². The molecule has 8 nitrogen and oxygen atoms in total. The molecule has 0 saturated carbocycles. The van der Waals surface area contributed by atoms with Gasteiger partial charge in [0.25, 0.3) is 0 Å². The van der Waals surface area contributed by atoms with Crippen LogP contribution in [-0.4, -0.2) is 41.0 Å². The summed E-state index contributed by atoms with van der Waals surface area (Å²) in [5.41, 5.74) is 0.855. The van der Waals surface area contributed by atoms with Crippen molar-refractivity contribution in [1.82, 2.24) is 20.1 Å². The average Bonchev–Trinajstić information content (AvgIpc) is 2.99. The number of nitrogens with zero attached hydrogens (tertiary/aromatic N) is 4. The molecule has 0 aliphatic carbocycles. The Kier molecular flexibility index (Phi) is 9.03. The molecule has 2 rings (SSSR count). The van der Waals surface area contributed by atoms with Crippen LogP contribution in [0.4, 0.5) is 5.69 Å². The number of ether oxygens (including phenoxy) is 2. The Labute approximate surface area is 165 Å². The molecule has 0 bridgehead atoms. The van der Waals surface area contributed by atoms with Crippen LogP contribution in [0.3, 0.4) is 0 Å². The highest BCUT2D eigenvalue weighted by atomic mass is 127. The first-order valence-corrected chi connectivity index (χ1v) is 7.87. The summed E-state index contributed by atoms with van der Waals surface area (Å²) in [7, 11) is 3.51. The Morgan fingerprint density at radius 3 is 2.68 bits per heavy atom. The lowest BCUT2D eigenvalue weighted by molar-refractivity contribution is 0.311. The zero-order valence-electron chi connectivity index (χ0n) is 14.9. The van der Waals surface area contributed by atoms with E-state index >= 15 is 0 Å². The van der Waals surface area contributed by atoms with Gasteiger partial charge in [-0.1, -0.05) is 0 Å². The summed E-state index contributed by atoms with van der Waals surface area (Å²) < 4.78 is 12.7. The summed E-state index contributed by atoms with van der Waals surface area (Å²) in [6.45, 7) is 5.72. The van der Waals surface area contributed by atoms with E-state index in [-0.39, 0.29) is 24.0 Å². The number of aromatic nitrogens is 3. The molecular formula is C16H25IN6O2. The third-order valence-corrected chi connectivity index (χ3v) is 3.25. The molecule has 138 valence electrons. The smallest absolute Gasteiger partial charge is 0.196 e. The zero-order valence-corrected chi connectivity index (χ0v) is 17.3. The molecule has 2 N–H and O–H groups in total. The molecule has 0 amide bonds. The maximum absolute atomic E-state index is 5.53. The Hall–Kier alpha value is -2.04. The van der Waals surface area contributed by atoms with E-state index in [0.29, 0.717) is 30.6 Å². The SMILES string of the molecule is CCNC(=NCc1nncn1C)Nc1ccc(OCC)c(OC)c1.I. The number of hydrogen-bond donors (Lipinski definition) is 2. The van der Waals surface area contributed by atoms with Crippen molar-refractivity contribution >= 4 is 35.6 Å². The highest BCUT2D eigenvalue weighted by Gasteiger charge is 2.07. The monoisotopic (exact) mass is 460 g/mol. The third kappa shape index (κ3) is 6.07. The first-order valence-electron chi connectivity index (χ1n) is 7.87. The van der Waals surface area contributed by atoms with Gasteiger partial charge < -0.3 is 24.7 Å². The van der Waals surface area contributed by atoms with Crippen LogP contribution in [-0.2, 0) is 13.6 Å². The second-order valence-corrected chi connectivity index (χ2v) is 4.98. The number of methoxy groups -OCH3 is 1. The van der Waals surface area contributed by atoms with Gasteiger partial charge >= 0.3 is 0 Å². The third-order valence-electron chi connectivity index (χ3n) is 3.25. The molecule has 0 fully saturated rings.